The first-order chi connectivity index (χ1) is 12.3. The average Bonchev–Trinajstić information content (AvgIpc) is 3.33. The summed E-state index contributed by atoms with van der Waals surface area (Å²) < 4.78 is 27.9. The van der Waals surface area contributed by atoms with Crippen molar-refractivity contribution in [2.75, 3.05) is 44.3 Å². The highest BCUT2D eigenvalue weighted by Gasteiger charge is 2.50. The number of carbonyl (C=O) groups is 3. The van der Waals surface area contributed by atoms with Gasteiger partial charge in [-0.3, -0.25) is 9.59 Å². The van der Waals surface area contributed by atoms with Crippen molar-refractivity contribution in [1.29, 1.82) is 0 Å². The van der Waals surface area contributed by atoms with Crippen LogP contribution in [0.2, 0.25) is 0 Å². The average molecular weight is 387 g/mol. The van der Waals surface area contributed by atoms with Crippen LogP contribution in [0.25, 0.3) is 0 Å². The predicted octanol–water partition coefficient (Wildman–Crippen LogP) is -0.773. The lowest BCUT2D eigenvalue weighted by atomic mass is 10.2. The first-order valence-electron chi connectivity index (χ1n) is 9.02. The van der Waals surface area contributed by atoms with Gasteiger partial charge in [-0.05, 0) is 19.8 Å². The summed E-state index contributed by atoms with van der Waals surface area (Å²) in [4.78, 5) is 39.7. The third-order valence-electron chi connectivity index (χ3n) is 5.14. The van der Waals surface area contributed by atoms with E-state index in [9.17, 15) is 22.8 Å². The predicted molar refractivity (Wildman–Crippen MR) is 92.0 cm³/mol. The van der Waals surface area contributed by atoms with Crippen LogP contribution in [-0.2, 0) is 24.2 Å². The molecule has 3 aliphatic rings. The van der Waals surface area contributed by atoms with Crippen LogP contribution in [0.4, 0.5) is 4.79 Å². The molecule has 10 heteroatoms. The van der Waals surface area contributed by atoms with Gasteiger partial charge in [0, 0.05) is 32.2 Å². The van der Waals surface area contributed by atoms with E-state index in [1.807, 2.05) is 0 Å². The molecular weight excluding hydrogens is 362 g/mol. The fourth-order valence-corrected chi connectivity index (χ4v) is 5.21. The number of nitrogens with one attached hydrogen (secondary N) is 1. The number of nitrogens with zero attached hydrogens (tertiary/aromatic N) is 2. The SMILES string of the molecule is CCOC(=O)N1CCN(C(=O)C2CC2C(=O)NC2CCS(=O)(=O)C2)CC1. The third-order valence-corrected chi connectivity index (χ3v) is 6.91. The molecule has 2 aliphatic heterocycles. The number of hydrogen-bond acceptors (Lipinski definition) is 6. The van der Waals surface area contributed by atoms with E-state index >= 15 is 0 Å². The molecule has 0 aromatic rings. The molecule has 3 amide bonds. The lowest BCUT2D eigenvalue weighted by Crippen LogP contribution is -2.51. The van der Waals surface area contributed by atoms with Crippen molar-refractivity contribution in [3.8, 4) is 0 Å². The van der Waals surface area contributed by atoms with E-state index in [1.54, 1.807) is 16.7 Å². The van der Waals surface area contributed by atoms with E-state index in [1.165, 1.54) is 0 Å². The van der Waals surface area contributed by atoms with Crippen molar-refractivity contribution in [3.63, 3.8) is 0 Å². The minimum atomic E-state index is -3.04. The molecule has 146 valence electrons. The zero-order chi connectivity index (χ0) is 18.9. The molecule has 26 heavy (non-hydrogen) atoms. The molecule has 1 aliphatic carbocycles. The highest BCUT2D eigenvalue weighted by atomic mass is 32.2. The summed E-state index contributed by atoms with van der Waals surface area (Å²) in [7, 11) is -3.04. The van der Waals surface area contributed by atoms with E-state index in [0.29, 0.717) is 45.6 Å². The Morgan fingerprint density at radius 2 is 1.73 bits per heavy atom. The number of carbonyl (C=O) groups excluding carboxylic acids is 3. The fraction of sp³-hybridized carbons (Fsp3) is 0.812. The quantitative estimate of drug-likeness (QED) is 0.678. The Hall–Kier alpha value is -1.84. The molecule has 0 bridgehead atoms. The van der Waals surface area contributed by atoms with Gasteiger partial charge in [-0.1, -0.05) is 0 Å². The number of piperazine rings is 1. The van der Waals surface area contributed by atoms with E-state index < -0.39 is 9.84 Å². The Labute approximate surface area is 152 Å². The van der Waals surface area contributed by atoms with Crippen LogP contribution in [0.5, 0.6) is 0 Å². The molecule has 0 spiro atoms. The fourth-order valence-electron chi connectivity index (χ4n) is 3.53. The number of hydrogen-bond donors (Lipinski definition) is 1. The molecule has 3 rings (SSSR count). The van der Waals surface area contributed by atoms with E-state index in [-0.39, 0.29) is 47.3 Å². The van der Waals surface area contributed by atoms with Crippen LogP contribution in [-0.4, -0.2) is 86.5 Å². The molecule has 0 radical (unpaired) electrons. The summed E-state index contributed by atoms with van der Waals surface area (Å²) in [5.41, 5.74) is 0. The first kappa shape index (κ1) is 18.9. The Morgan fingerprint density at radius 1 is 1.08 bits per heavy atom. The number of sulfone groups is 1. The van der Waals surface area contributed by atoms with Crippen molar-refractivity contribution in [2.24, 2.45) is 11.8 Å². The maximum atomic E-state index is 12.5. The summed E-state index contributed by atoms with van der Waals surface area (Å²) >= 11 is 0. The van der Waals surface area contributed by atoms with E-state index in [2.05, 4.69) is 5.32 Å². The summed E-state index contributed by atoms with van der Waals surface area (Å²) in [5, 5.41) is 2.76. The first-order valence-corrected chi connectivity index (χ1v) is 10.8. The monoisotopic (exact) mass is 387 g/mol. The second kappa shape index (κ2) is 7.42. The van der Waals surface area contributed by atoms with Gasteiger partial charge in [-0.15, -0.1) is 0 Å². The van der Waals surface area contributed by atoms with Gasteiger partial charge in [0.2, 0.25) is 11.8 Å². The Kier molecular flexibility index (Phi) is 5.40. The van der Waals surface area contributed by atoms with Crippen LogP contribution in [0.3, 0.4) is 0 Å². The van der Waals surface area contributed by atoms with E-state index in [0.717, 1.165) is 0 Å². The standard InChI is InChI=1S/C16H25N3O6S/c1-2-25-16(22)19-6-4-18(5-7-19)15(21)13-9-12(13)14(20)17-11-3-8-26(23,24)10-11/h11-13H,2-10H2,1H3,(H,17,20). The molecule has 3 fully saturated rings. The Bertz CT molecular complexity index is 686. The smallest absolute Gasteiger partial charge is 0.409 e. The number of amides is 3. The second-order valence-electron chi connectivity index (χ2n) is 7.07. The van der Waals surface area contributed by atoms with Gasteiger partial charge in [0.05, 0.1) is 29.9 Å². The van der Waals surface area contributed by atoms with Gasteiger partial charge >= 0.3 is 6.09 Å². The Balaban J connectivity index is 1.43. The lowest BCUT2D eigenvalue weighted by molar-refractivity contribution is -0.136. The van der Waals surface area contributed by atoms with Gasteiger partial charge < -0.3 is 19.9 Å². The van der Waals surface area contributed by atoms with Crippen molar-refractivity contribution >= 4 is 27.7 Å². The maximum Gasteiger partial charge on any atom is 0.409 e. The van der Waals surface area contributed by atoms with Crippen molar-refractivity contribution in [3.05, 3.63) is 0 Å². The third kappa shape index (κ3) is 4.28. The zero-order valence-corrected chi connectivity index (χ0v) is 15.7. The molecule has 3 unspecified atom stereocenters. The van der Waals surface area contributed by atoms with Gasteiger partial charge in [-0.2, -0.15) is 0 Å². The molecule has 0 aromatic heterocycles. The molecule has 2 heterocycles. The number of ether oxygens (including phenoxy) is 1. The largest absolute Gasteiger partial charge is 0.450 e. The van der Waals surface area contributed by atoms with Crippen molar-refractivity contribution < 1.29 is 27.5 Å². The minimum Gasteiger partial charge on any atom is -0.450 e. The van der Waals surface area contributed by atoms with Crippen LogP contribution < -0.4 is 5.32 Å². The molecule has 3 atom stereocenters. The molecule has 0 aromatic carbocycles. The summed E-state index contributed by atoms with van der Waals surface area (Å²) in [6, 6.07) is -0.336. The molecule has 1 N–H and O–H groups in total. The van der Waals surface area contributed by atoms with Gasteiger partial charge in [0.25, 0.3) is 0 Å². The molecule has 1 saturated carbocycles. The van der Waals surface area contributed by atoms with E-state index in [4.69, 9.17) is 4.74 Å². The van der Waals surface area contributed by atoms with Gasteiger partial charge in [-0.25, -0.2) is 13.2 Å². The maximum absolute atomic E-state index is 12.5. The minimum absolute atomic E-state index is 0.0140. The van der Waals surface area contributed by atoms with Crippen LogP contribution in [0, 0.1) is 11.8 Å². The molecular formula is C16H25N3O6S. The number of rotatable bonds is 4. The Morgan fingerprint density at radius 3 is 2.31 bits per heavy atom. The normalized spacial score (nSPS) is 30.0. The summed E-state index contributed by atoms with van der Waals surface area (Å²) in [5.74, 6) is -0.894. The summed E-state index contributed by atoms with van der Waals surface area (Å²) in [6.07, 6.45) is 0.576. The van der Waals surface area contributed by atoms with Crippen molar-refractivity contribution in [1.82, 2.24) is 15.1 Å². The van der Waals surface area contributed by atoms with Crippen LogP contribution in [0.1, 0.15) is 19.8 Å². The lowest BCUT2D eigenvalue weighted by Gasteiger charge is -2.34. The van der Waals surface area contributed by atoms with Crippen LogP contribution in [0.15, 0.2) is 0 Å². The molecule has 9 nitrogen and oxygen atoms in total. The second-order valence-corrected chi connectivity index (χ2v) is 9.30. The topological polar surface area (TPSA) is 113 Å². The van der Waals surface area contributed by atoms with Gasteiger partial charge in [0.1, 0.15) is 0 Å². The van der Waals surface area contributed by atoms with Gasteiger partial charge in [0.15, 0.2) is 9.84 Å². The zero-order valence-electron chi connectivity index (χ0n) is 14.8. The molecule has 2 saturated heterocycles. The van der Waals surface area contributed by atoms with Crippen molar-refractivity contribution in [2.45, 2.75) is 25.8 Å². The highest BCUT2D eigenvalue weighted by molar-refractivity contribution is 7.91. The highest BCUT2D eigenvalue weighted by Crippen LogP contribution is 2.40. The summed E-state index contributed by atoms with van der Waals surface area (Å²) in [6.45, 7) is 3.78. The van der Waals surface area contributed by atoms with Crippen LogP contribution >= 0.6 is 0 Å².